The number of rotatable bonds is 5. The van der Waals surface area contributed by atoms with E-state index in [1.807, 2.05) is 0 Å². The minimum absolute atomic E-state index is 0.173. The van der Waals surface area contributed by atoms with Crippen LogP contribution in [0, 0.1) is 0 Å². The third-order valence-electron chi connectivity index (χ3n) is 2.01. The summed E-state index contributed by atoms with van der Waals surface area (Å²) in [6.07, 6.45) is 1.71. The molecule has 1 rings (SSSR count). The predicted octanol–water partition coefficient (Wildman–Crippen LogP) is 0.135. The molecule has 0 aliphatic carbocycles. The van der Waals surface area contributed by atoms with Gasteiger partial charge in [-0.15, -0.1) is 0 Å². The van der Waals surface area contributed by atoms with Crippen LogP contribution in [-0.2, 0) is 16.7 Å². The van der Waals surface area contributed by atoms with Crippen LogP contribution in [0.25, 0.3) is 0 Å². The summed E-state index contributed by atoms with van der Waals surface area (Å²) in [6.45, 7) is 0.218. The third kappa shape index (κ3) is 3.67. The fraction of sp³-hybridized carbons (Fsp3) is 0.444. The Morgan fingerprint density at radius 2 is 2.19 bits per heavy atom. The third-order valence-corrected chi connectivity index (χ3v) is 2.81. The van der Waals surface area contributed by atoms with Crippen LogP contribution in [0.1, 0.15) is 6.42 Å². The first-order chi connectivity index (χ1) is 7.44. The van der Waals surface area contributed by atoms with Crippen molar-refractivity contribution in [1.82, 2.24) is 4.57 Å². The Labute approximate surface area is 93.2 Å². The summed E-state index contributed by atoms with van der Waals surface area (Å²) in [4.78, 5) is 11.6. The SMILES string of the molecule is COc1cccn(CCCS(=O)(=O)O)c1=O. The van der Waals surface area contributed by atoms with E-state index in [1.165, 1.54) is 23.9 Å². The first-order valence-corrected chi connectivity index (χ1v) is 6.23. The first kappa shape index (κ1) is 12.7. The van der Waals surface area contributed by atoms with E-state index < -0.39 is 10.1 Å². The van der Waals surface area contributed by atoms with Gasteiger partial charge in [0.15, 0.2) is 5.75 Å². The molecule has 1 heterocycles. The molecule has 16 heavy (non-hydrogen) atoms. The molecule has 0 amide bonds. The number of hydrogen-bond acceptors (Lipinski definition) is 4. The summed E-state index contributed by atoms with van der Waals surface area (Å²) in [5, 5.41) is 0. The van der Waals surface area contributed by atoms with Gasteiger partial charge in [-0.1, -0.05) is 0 Å². The van der Waals surface area contributed by atoms with E-state index in [0.717, 1.165) is 0 Å². The number of aryl methyl sites for hydroxylation is 1. The zero-order chi connectivity index (χ0) is 12.2. The van der Waals surface area contributed by atoms with Crippen molar-refractivity contribution in [3.63, 3.8) is 0 Å². The number of ether oxygens (including phenoxy) is 1. The molecular formula is C9H13NO5S. The van der Waals surface area contributed by atoms with Crippen molar-refractivity contribution in [2.75, 3.05) is 12.9 Å². The van der Waals surface area contributed by atoms with Crippen LogP contribution in [0.4, 0.5) is 0 Å². The molecular weight excluding hydrogens is 234 g/mol. The van der Waals surface area contributed by atoms with Gasteiger partial charge in [0, 0.05) is 12.7 Å². The van der Waals surface area contributed by atoms with E-state index in [0.29, 0.717) is 0 Å². The van der Waals surface area contributed by atoms with Crippen LogP contribution in [0.3, 0.4) is 0 Å². The number of methoxy groups -OCH3 is 1. The van der Waals surface area contributed by atoms with Crippen molar-refractivity contribution < 1.29 is 17.7 Å². The van der Waals surface area contributed by atoms with Gasteiger partial charge in [0.05, 0.1) is 12.9 Å². The van der Waals surface area contributed by atoms with Gasteiger partial charge < -0.3 is 9.30 Å². The minimum Gasteiger partial charge on any atom is -0.491 e. The maximum atomic E-state index is 11.6. The minimum atomic E-state index is -3.97. The van der Waals surface area contributed by atoms with Gasteiger partial charge in [-0.25, -0.2) is 0 Å². The second-order valence-electron chi connectivity index (χ2n) is 3.21. The molecule has 0 unspecified atom stereocenters. The van der Waals surface area contributed by atoms with Crippen LogP contribution in [0.15, 0.2) is 23.1 Å². The number of hydrogen-bond donors (Lipinski definition) is 1. The Bertz CT molecular complexity index is 505. The summed E-state index contributed by atoms with van der Waals surface area (Å²) < 4.78 is 35.6. The van der Waals surface area contributed by atoms with Crippen LogP contribution in [0.2, 0.25) is 0 Å². The average molecular weight is 247 g/mol. The van der Waals surface area contributed by atoms with Crippen molar-refractivity contribution in [3.8, 4) is 5.75 Å². The van der Waals surface area contributed by atoms with Crippen molar-refractivity contribution in [2.45, 2.75) is 13.0 Å². The molecule has 90 valence electrons. The van der Waals surface area contributed by atoms with Gasteiger partial charge in [0.2, 0.25) is 0 Å². The number of aromatic nitrogens is 1. The standard InChI is InChI=1S/C9H13NO5S/c1-15-8-4-2-5-10(9(8)11)6-3-7-16(12,13)14/h2,4-5H,3,6-7H2,1H3,(H,12,13,14). The Hall–Kier alpha value is -1.34. The van der Waals surface area contributed by atoms with Gasteiger partial charge in [0.25, 0.3) is 15.7 Å². The highest BCUT2D eigenvalue weighted by Gasteiger charge is 2.06. The maximum Gasteiger partial charge on any atom is 0.292 e. The highest BCUT2D eigenvalue weighted by Crippen LogP contribution is 2.01. The van der Waals surface area contributed by atoms with Gasteiger partial charge in [0.1, 0.15) is 0 Å². The first-order valence-electron chi connectivity index (χ1n) is 4.62. The molecule has 0 aromatic carbocycles. The highest BCUT2D eigenvalue weighted by molar-refractivity contribution is 7.85. The largest absolute Gasteiger partial charge is 0.491 e. The van der Waals surface area contributed by atoms with Crippen LogP contribution in [0.5, 0.6) is 5.75 Å². The monoisotopic (exact) mass is 247 g/mol. The Balaban J connectivity index is 2.72. The van der Waals surface area contributed by atoms with Gasteiger partial charge in [-0.2, -0.15) is 8.42 Å². The van der Waals surface area contributed by atoms with Gasteiger partial charge in [-0.3, -0.25) is 9.35 Å². The van der Waals surface area contributed by atoms with E-state index in [4.69, 9.17) is 9.29 Å². The highest BCUT2D eigenvalue weighted by atomic mass is 32.2. The van der Waals surface area contributed by atoms with E-state index >= 15 is 0 Å². The van der Waals surface area contributed by atoms with Crippen LogP contribution in [-0.4, -0.2) is 30.4 Å². The summed E-state index contributed by atoms with van der Waals surface area (Å²) in [7, 11) is -2.58. The number of nitrogens with zero attached hydrogens (tertiary/aromatic N) is 1. The average Bonchev–Trinajstić information content (AvgIpc) is 2.19. The molecule has 0 aliphatic heterocycles. The summed E-state index contributed by atoms with van der Waals surface area (Å²) in [5.41, 5.74) is -0.319. The Morgan fingerprint density at radius 1 is 1.50 bits per heavy atom. The molecule has 0 radical (unpaired) electrons. The predicted molar refractivity (Wildman–Crippen MR) is 58.3 cm³/mol. The molecule has 1 N–H and O–H groups in total. The van der Waals surface area contributed by atoms with Crippen molar-refractivity contribution in [3.05, 3.63) is 28.7 Å². The molecule has 0 aliphatic rings. The lowest BCUT2D eigenvalue weighted by molar-refractivity contribution is 0.402. The maximum absolute atomic E-state index is 11.6. The Morgan fingerprint density at radius 3 is 2.75 bits per heavy atom. The molecule has 1 aromatic rings. The molecule has 0 spiro atoms. The molecule has 0 fully saturated rings. The van der Waals surface area contributed by atoms with Crippen LogP contribution < -0.4 is 10.3 Å². The molecule has 6 nitrogen and oxygen atoms in total. The smallest absolute Gasteiger partial charge is 0.292 e. The quantitative estimate of drug-likeness (QED) is 0.748. The summed E-state index contributed by atoms with van der Waals surface area (Å²) in [6, 6.07) is 3.16. The molecule has 7 heteroatoms. The second kappa shape index (κ2) is 5.13. The van der Waals surface area contributed by atoms with E-state index in [9.17, 15) is 13.2 Å². The molecule has 0 atom stereocenters. The topological polar surface area (TPSA) is 85.6 Å². The van der Waals surface area contributed by atoms with Crippen molar-refractivity contribution in [2.24, 2.45) is 0 Å². The van der Waals surface area contributed by atoms with Gasteiger partial charge >= 0.3 is 0 Å². The van der Waals surface area contributed by atoms with E-state index in [-0.39, 0.29) is 30.0 Å². The van der Waals surface area contributed by atoms with E-state index in [1.54, 1.807) is 6.07 Å². The zero-order valence-electron chi connectivity index (χ0n) is 8.79. The normalized spacial score (nSPS) is 11.4. The van der Waals surface area contributed by atoms with Gasteiger partial charge in [-0.05, 0) is 18.6 Å². The molecule has 0 saturated heterocycles. The lowest BCUT2D eigenvalue weighted by Crippen LogP contribution is -2.21. The summed E-state index contributed by atoms with van der Waals surface area (Å²) >= 11 is 0. The lowest BCUT2D eigenvalue weighted by atomic mass is 10.4. The lowest BCUT2D eigenvalue weighted by Gasteiger charge is -2.06. The van der Waals surface area contributed by atoms with Crippen molar-refractivity contribution >= 4 is 10.1 Å². The molecule has 1 aromatic heterocycles. The number of pyridine rings is 1. The second-order valence-corrected chi connectivity index (χ2v) is 4.79. The molecule has 0 saturated carbocycles. The fourth-order valence-electron chi connectivity index (χ4n) is 1.26. The van der Waals surface area contributed by atoms with Crippen LogP contribution >= 0.6 is 0 Å². The fourth-order valence-corrected chi connectivity index (χ4v) is 1.76. The van der Waals surface area contributed by atoms with E-state index in [2.05, 4.69) is 0 Å². The Kier molecular flexibility index (Phi) is 4.08. The molecule has 0 bridgehead atoms. The summed E-state index contributed by atoms with van der Waals surface area (Å²) in [5.74, 6) is -0.161. The zero-order valence-corrected chi connectivity index (χ0v) is 9.61. The van der Waals surface area contributed by atoms with Crippen molar-refractivity contribution in [1.29, 1.82) is 0 Å².